The predicted molar refractivity (Wildman–Crippen MR) is 73.8 cm³/mol. The first-order chi connectivity index (χ1) is 8.93. The van der Waals surface area contributed by atoms with Crippen LogP contribution in [0, 0.1) is 0 Å². The van der Waals surface area contributed by atoms with E-state index < -0.39 is 0 Å². The molecule has 0 N–H and O–H groups in total. The van der Waals surface area contributed by atoms with Crippen molar-refractivity contribution in [2.75, 3.05) is 0 Å². The number of benzene rings is 1. The Morgan fingerprint density at radius 2 is 2.00 bits per heavy atom. The molecule has 0 saturated carbocycles. The lowest BCUT2D eigenvalue weighted by molar-refractivity contribution is 0.865. The van der Waals surface area contributed by atoms with Gasteiger partial charge in [-0.15, -0.1) is 16.4 Å². The normalized spacial score (nSPS) is 11.3. The molecule has 0 aliphatic carbocycles. The summed E-state index contributed by atoms with van der Waals surface area (Å²) in [5.41, 5.74) is 2.15. The first-order valence-corrected chi connectivity index (χ1v) is 6.57. The molecule has 0 spiro atoms. The van der Waals surface area contributed by atoms with E-state index in [0.717, 1.165) is 11.2 Å². The molecule has 1 aromatic carbocycles. The van der Waals surface area contributed by atoms with Crippen LogP contribution < -0.4 is 0 Å². The van der Waals surface area contributed by atoms with Gasteiger partial charge in [0.1, 0.15) is 0 Å². The van der Waals surface area contributed by atoms with Gasteiger partial charge in [0.2, 0.25) is 0 Å². The minimum absolute atomic E-state index is 1.05. The van der Waals surface area contributed by atoms with E-state index >= 15 is 0 Å². The van der Waals surface area contributed by atoms with E-state index in [4.69, 9.17) is 0 Å². The number of thiophene rings is 1. The smallest absolute Gasteiger partial charge is 0.0950 e. The minimum Gasteiger partial charge on any atom is -0.211 e. The number of fused-ring (bicyclic) bond motifs is 3. The Hall–Kier alpha value is -2.20. The van der Waals surface area contributed by atoms with Gasteiger partial charge in [0.15, 0.2) is 0 Å². The second-order valence-corrected chi connectivity index (χ2v) is 5.07. The van der Waals surface area contributed by atoms with E-state index in [1.165, 1.54) is 15.6 Å². The molecule has 0 aliphatic rings. The van der Waals surface area contributed by atoms with E-state index in [0.29, 0.717) is 0 Å². The van der Waals surface area contributed by atoms with Gasteiger partial charge in [-0.25, -0.2) is 4.52 Å². The fourth-order valence-electron chi connectivity index (χ4n) is 2.26. The molecule has 4 heteroatoms. The van der Waals surface area contributed by atoms with Crippen molar-refractivity contribution < 1.29 is 0 Å². The average Bonchev–Trinajstić information content (AvgIpc) is 3.09. The number of hydrogen-bond acceptors (Lipinski definition) is 3. The second-order valence-electron chi connectivity index (χ2n) is 4.13. The van der Waals surface area contributed by atoms with Gasteiger partial charge in [0, 0.05) is 5.39 Å². The van der Waals surface area contributed by atoms with Gasteiger partial charge in [-0.2, -0.15) is 0 Å². The van der Waals surface area contributed by atoms with Crippen molar-refractivity contribution in [3.63, 3.8) is 0 Å². The zero-order valence-corrected chi connectivity index (χ0v) is 10.3. The highest BCUT2D eigenvalue weighted by molar-refractivity contribution is 7.13. The molecular formula is C14H9N3S. The Labute approximate surface area is 107 Å². The summed E-state index contributed by atoms with van der Waals surface area (Å²) in [4.78, 5) is 1.20. The summed E-state index contributed by atoms with van der Waals surface area (Å²) in [6.45, 7) is 0. The van der Waals surface area contributed by atoms with Crippen LogP contribution in [0.1, 0.15) is 0 Å². The first kappa shape index (κ1) is 9.79. The molecule has 3 heterocycles. The maximum atomic E-state index is 4.20. The highest BCUT2D eigenvalue weighted by Gasteiger charge is 2.09. The fraction of sp³-hybridized carbons (Fsp3) is 0. The molecule has 4 aromatic rings. The largest absolute Gasteiger partial charge is 0.211 e. The number of aromatic nitrogens is 3. The van der Waals surface area contributed by atoms with Crippen LogP contribution in [0.2, 0.25) is 0 Å². The molecule has 3 nitrogen and oxygen atoms in total. The zero-order chi connectivity index (χ0) is 11.9. The van der Waals surface area contributed by atoms with Crippen LogP contribution in [0.5, 0.6) is 0 Å². The summed E-state index contributed by atoms with van der Waals surface area (Å²) >= 11 is 1.71. The van der Waals surface area contributed by atoms with Crippen LogP contribution in [0.4, 0.5) is 0 Å². The van der Waals surface area contributed by atoms with Gasteiger partial charge in [0.25, 0.3) is 0 Å². The molecule has 18 heavy (non-hydrogen) atoms. The summed E-state index contributed by atoms with van der Waals surface area (Å²) in [6, 6.07) is 14.7. The Balaban J connectivity index is 2.21. The van der Waals surface area contributed by atoms with Crippen molar-refractivity contribution in [1.29, 1.82) is 0 Å². The first-order valence-electron chi connectivity index (χ1n) is 5.69. The molecule has 0 radical (unpaired) electrons. The van der Waals surface area contributed by atoms with Crippen LogP contribution in [-0.4, -0.2) is 14.8 Å². The number of nitrogens with zero attached hydrogens (tertiary/aromatic N) is 3. The van der Waals surface area contributed by atoms with E-state index in [1.807, 2.05) is 16.8 Å². The monoisotopic (exact) mass is 251 g/mol. The summed E-state index contributed by atoms with van der Waals surface area (Å²) in [5.74, 6) is 0. The van der Waals surface area contributed by atoms with E-state index in [1.54, 1.807) is 11.3 Å². The molecule has 0 aliphatic heterocycles. The molecule has 4 rings (SSSR count). The molecule has 0 bridgehead atoms. The third kappa shape index (κ3) is 1.29. The molecular weight excluding hydrogens is 242 g/mol. The quantitative estimate of drug-likeness (QED) is 0.517. The Bertz CT molecular complexity index is 831. The van der Waals surface area contributed by atoms with Crippen LogP contribution in [0.15, 0.2) is 54.0 Å². The van der Waals surface area contributed by atoms with Crippen LogP contribution >= 0.6 is 11.3 Å². The van der Waals surface area contributed by atoms with Gasteiger partial charge < -0.3 is 0 Å². The van der Waals surface area contributed by atoms with Crippen molar-refractivity contribution in [2.45, 2.75) is 0 Å². The van der Waals surface area contributed by atoms with Crippen molar-refractivity contribution >= 4 is 27.6 Å². The standard InChI is InChI=1S/C14H9N3S/c1-2-5-11-10(4-1)8-12(14-6-3-7-18-14)17-13(11)9-15-16-17/h1-9H. The van der Waals surface area contributed by atoms with E-state index in [9.17, 15) is 0 Å². The third-order valence-corrected chi connectivity index (χ3v) is 3.97. The Morgan fingerprint density at radius 1 is 1.06 bits per heavy atom. The number of hydrogen-bond donors (Lipinski definition) is 0. The van der Waals surface area contributed by atoms with E-state index in [2.05, 4.69) is 52.1 Å². The lowest BCUT2D eigenvalue weighted by Crippen LogP contribution is -1.93. The fourth-order valence-corrected chi connectivity index (χ4v) is 2.99. The summed E-state index contributed by atoms with van der Waals surface area (Å²) in [6.07, 6.45) is 1.82. The van der Waals surface area contributed by atoms with Gasteiger partial charge >= 0.3 is 0 Å². The molecule has 86 valence electrons. The van der Waals surface area contributed by atoms with Crippen molar-refractivity contribution in [1.82, 2.24) is 14.8 Å². The molecule has 0 saturated heterocycles. The molecule has 0 fully saturated rings. The van der Waals surface area contributed by atoms with Crippen molar-refractivity contribution in [2.24, 2.45) is 0 Å². The van der Waals surface area contributed by atoms with Crippen molar-refractivity contribution in [3.05, 3.63) is 54.0 Å². The Morgan fingerprint density at radius 3 is 2.89 bits per heavy atom. The molecule has 0 unspecified atom stereocenters. The average molecular weight is 251 g/mol. The highest BCUT2D eigenvalue weighted by Crippen LogP contribution is 2.29. The minimum atomic E-state index is 1.05. The second kappa shape index (κ2) is 3.65. The van der Waals surface area contributed by atoms with Gasteiger partial charge in [0.05, 0.1) is 22.3 Å². The molecule has 0 amide bonds. The van der Waals surface area contributed by atoms with Gasteiger partial charge in [-0.1, -0.05) is 35.5 Å². The highest BCUT2D eigenvalue weighted by atomic mass is 32.1. The lowest BCUT2D eigenvalue weighted by atomic mass is 10.1. The lowest BCUT2D eigenvalue weighted by Gasteiger charge is -2.05. The van der Waals surface area contributed by atoms with Gasteiger partial charge in [-0.05, 0) is 22.9 Å². The topological polar surface area (TPSA) is 30.2 Å². The SMILES string of the molecule is c1csc(-c2cc3ccccc3c3cnnn23)c1. The predicted octanol–water partition coefficient (Wildman–Crippen LogP) is 3.61. The van der Waals surface area contributed by atoms with Crippen LogP contribution in [0.3, 0.4) is 0 Å². The maximum Gasteiger partial charge on any atom is 0.0950 e. The molecule has 3 aromatic heterocycles. The molecule has 0 atom stereocenters. The number of rotatable bonds is 1. The van der Waals surface area contributed by atoms with Gasteiger partial charge in [-0.3, -0.25) is 0 Å². The van der Waals surface area contributed by atoms with Crippen LogP contribution in [-0.2, 0) is 0 Å². The number of pyridine rings is 1. The maximum absolute atomic E-state index is 4.20. The zero-order valence-electron chi connectivity index (χ0n) is 9.45. The Kier molecular flexibility index (Phi) is 1.98. The summed E-state index contributed by atoms with van der Waals surface area (Å²) in [7, 11) is 0. The summed E-state index contributed by atoms with van der Waals surface area (Å²) in [5, 5.41) is 12.7. The third-order valence-electron chi connectivity index (χ3n) is 3.08. The van der Waals surface area contributed by atoms with Crippen LogP contribution in [0.25, 0.3) is 26.9 Å². The summed E-state index contributed by atoms with van der Waals surface area (Å²) < 4.78 is 1.91. The van der Waals surface area contributed by atoms with E-state index in [-0.39, 0.29) is 0 Å². The van der Waals surface area contributed by atoms with Crippen molar-refractivity contribution in [3.8, 4) is 10.6 Å².